The van der Waals surface area contributed by atoms with E-state index < -0.39 is 8.07 Å². The Hall–Kier alpha value is -1.34. The number of rotatable bonds is 3. The first-order valence-electron chi connectivity index (χ1n) is 6.20. The smallest absolute Gasteiger partial charge is 0.0683 e. The lowest BCUT2D eigenvalue weighted by atomic mass is 10.1. The molecule has 17 heavy (non-hydrogen) atoms. The zero-order valence-electron chi connectivity index (χ0n) is 10.9. The largest absolute Gasteiger partial charge is 0.0986 e. The molecule has 0 aliphatic heterocycles. The summed E-state index contributed by atoms with van der Waals surface area (Å²) < 4.78 is 0. The fourth-order valence-electron chi connectivity index (χ4n) is 1.91. The number of hydrogen-bond acceptors (Lipinski definition) is 0. The van der Waals surface area contributed by atoms with Crippen LogP contribution in [0.3, 0.4) is 0 Å². The van der Waals surface area contributed by atoms with Gasteiger partial charge in [0.05, 0.1) is 8.07 Å². The van der Waals surface area contributed by atoms with Crippen LogP contribution in [0.5, 0.6) is 0 Å². The maximum absolute atomic E-state index is 2.42. The fraction of sp³-hybridized carbons (Fsp3) is 0.250. The maximum Gasteiger partial charge on any atom is 0.0683 e. The quantitative estimate of drug-likeness (QED) is 0.675. The summed E-state index contributed by atoms with van der Waals surface area (Å²) in [7, 11) is -1.05. The van der Waals surface area contributed by atoms with E-state index in [-0.39, 0.29) is 0 Å². The van der Waals surface area contributed by atoms with Crippen LogP contribution < -0.4 is 0 Å². The number of hydrogen-bond donors (Lipinski definition) is 0. The minimum atomic E-state index is -1.05. The Morgan fingerprint density at radius 1 is 0.941 bits per heavy atom. The molecule has 0 nitrogen and oxygen atoms in total. The molecule has 0 spiro atoms. The zero-order chi connectivity index (χ0) is 12.3. The standard InChI is InChI=1S/C16H20Si/c1-17(2,3)12-6-7-14-10-11-15-8-4-5-9-16(15)13-14/h4-6,8-13H,7H2,1-3H3/b12-6+. The van der Waals surface area contributed by atoms with Crippen LogP contribution in [0.25, 0.3) is 10.8 Å². The lowest BCUT2D eigenvalue weighted by Gasteiger charge is -2.08. The van der Waals surface area contributed by atoms with Crippen LogP contribution in [0.1, 0.15) is 5.56 Å². The predicted molar refractivity (Wildman–Crippen MR) is 80.1 cm³/mol. The first-order valence-corrected chi connectivity index (χ1v) is 9.78. The number of benzene rings is 2. The van der Waals surface area contributed by atoms with E-state index in [2.05, 4.69) is 73.9 Å². The van der Waals surface area contributed by atoms with Crippen molar-refractivity contribution in [3.8, 4) is 0 Å². The summed E-state index contributed by atoms with van der Waals surface area (Å²) in [6.07, 6.45) is 3.38. The lowest BCUT2D eigenvalue weighted by molar-refractivity contribution is 1.28. The van der Waals surface area contributed by atoms with Gasteiger partial charge in [0.25, 0.3) is 0 Å². The molecule has 0 radical (unpaired) electrons. The SMILES string of the molecule is C[Si](C)(C)/C=C/Cc1ccc2ccccc2c1. The van der Waals surface area contributed by atoms with Gasteiger partial charge in [0, 0.05) is 0 Å². The molecule has 2 aromatic carbocycles. The fourth-order valence-corrected chi connectivity index (χ4v) is 2.74. The van der Waals surface area contributed by atoms with Gasteiger partial charge >= 0.3 is 0 Å². The van der Waals surface area contributed by atoms with Crippen LogP contribution in [0.2, 0.25) is 19.6 Å². The van der Waals surface area contributed by atoms with E-state index in [1.54, 1.807) is 0 Å². The van der Waals surface area contributed by atoms with Gasteiger partial charge in [-0.2, -0.15) is 0 Å². The van der Waals surface area contributed by atoms with Crippen LogP contribution in [0.4, 0.5) is 0 Å². The van der Waals surface area contributed by atoms with Gasteiger partial charge in [-0.25, -0.2) is 0 Å². The van der Waals surface area contributed by atoms with Gasteiger partial charge < -0.3 is 0 Å². The molecule has 88 valence electrons. The Labute approximate surface area is 105 Å². The Kier molecular flexibility index (Phi) is 3.48. The van der Waals surface area contributed by atoms with Crippen LogP contribution in [0, 0.1) is 0 Å². The van der Waals surface area contributed by atoms with E-state index in [4.69, 9.17) is 0 Å². The monoisotopic (exact) mass is 240 g/mol. The van der Waals surface area contributed by atoms with Crippen molar-refractivity contribution in [1.29, 1.82) is 0 Å². The number of fused-ring (bicyclic) bond motifs is 1. The molecule has 0 amide bonds. The van der Waals surface area contributed by atoms with E-state index in [1.807, 2.05) is 0 Å². The molecule has 0 N–H and O–H groups in total. The molecule has 0 fully saturated rings. The van der Waals surface area contributed by atoms with Crippen molar-refractivity contribution in [2.75, 3.05) is 0 Å². The molecule has 0 bridgehead atoms. The molecule has 2 rings (SSSR count). The van der Waals surface area contributed by atoms with E-state index in [1.165, 1.54) is 16.3 Å². The van der Waals surface area contributed by atoms with Gasteiger partial charge in [-0.15, -0.1) is 0 Å². The summed E-state index contributed by atoms with van der Waals surface area (Å²) in [5.74, 6) is 0. The van der Waals surface area contributed by atoms with Gasteiger partial charge in [-0.3, -0.25) is 0 Å². The normalized spacial score (nSPS) is 12.4. The second-order valence-electron chi connectivity index (χ2n) is 5.65. The minimum absolute atomic E-state index is 1.05. The highest BCUT2D eigenvalue weighted by molar-refractivity contribution is 6.80. The van der Waals surface area contributed by atoms with E-state index in [0.717, 1.165) is 6.42 Å². The highest BCUT2D eigenvalue weighted by Gasteiger charge is 2.06. The third kappa shape index (κ3) is 3.57. The molecular formula is C16H20Si. The molecule has 0 aromatic heterocycles. The molecular weight excluding hydrogens is 220 g/mol. The molecule has 0 saturated carbocycles. The highest BCUT2D eigenvalue weighted by Crippen LogP contribution is 2.16. The Balaban J connectivity index is 2.17. The second kappa shape index (κ2) is 4.88. The van der Waals surface area contributed by atoms with Gasteiger partial charge in [-0.1, -0.05) is 73.9 Å². The van der Waals surface area contributed by atoms with Crippen molar-refractivity contribution in [3.05, 3.63) is 59.8 Å². The van der Waals surface area contributed by atoms with E-state index in [0.29, 0.717) is 0 Å². The maximum atomic E-state index is 2.42. The molecule has 0 saturated heterocycles. The van der Waals surface area contributed by atoms with Crippen LogP contribution in [0.15, 0.2) is 54.2 Å². The Bertz CT molecular complexity index is 532. The molecule has 0 aliphatic carbocycles. The number of allylic oxidation sites excluding steroid dienone is 1. The van der Waals surface area contributed by atoms with Crippen molar-refractivity contribution in [2.45, 2.75) is 26.1 Å². The third-order valence-electron chi connectivity index (χ3n) is 2.79. The van der Waals surface area contributed by atoms with Crippen LogP contribution in [-0.2, 0) is 6.42 Å². The van der Waals surface area contributed by atoms with Gasteiger partial charge in [-0.05, 0) is 22.8 Å². The Morgan fingerprint density at radius 2 is 1.65 bits per heavy atom. The lowest BCUT2D eigenvalue weighted by Crippen LogP contribution is -2.15. The molecule has 1 heteroatoms. The average molecular weight is 240 g/mol. The van der Waals surface area contributed by atoms with Gasteiger partial charge in [0.2, 0.25) is 0 Å². The predicted octanol–water partition coefficient (Wildman–Crippen LogP) is 4.82. The molecule has 0 heterocycles. The summed E-state index contributed by atoms with van der Waals surface area (Å²) in [6, 6.07) is 15.3. The Morgan fingerprint density at radius 3 is 2.35 bits per heavy atom. The van der Waals surface area contributed by atoms with E-state index >= 15 is 0 Å². The van der Waals surface area contributed by atoms with Gasteiger partial charge in [0.1, 0.15) is 0 Å². The summed E-state index contributed by atoms with van der Waals surface area (Å²) in [5, 5.41) is 2.66. The first kappa shape index (κ1) is 12.1. The van der Waals surface area contributed by atoms with Crippen LogP contribution >= 0.6 is 0 Å². The molecule has 0 aliphatic rings. The van der Waals surface area contributed by atoms with Crippen LogP contribution in [-0.4, -0.2) is 8.07 Å². The van der Waals surface area contributed by atoms with Crippen molar-refractivity contribution in [2.24, 2.45) is 0 Å². The molecule has 0 atom stereocenters. The summed E-state index contributed by atoms with van der Waals surface area (Å²) in [6.45, 7) is 7.09. The minimum Gasteiger partial charge on any atom is -0.0986 e. The average Bonchev–Trinajstić information content (AvgIpc) is 2.27. The first-order chi connectivity index (χ1) is 8.04. The van der Waals surface area contributed by atoms with Crippen molar-refractivity contribution in [3.63, 3.8) is 0 Å². The topological polar surface area (TPSA) is 0 Å². The van der Waals surface area contributed by atoms with Crippen molar-refractivity contribution < 1.29 is 0 Å². The molecule has 2 aromatic rings. The summed E-state index contributed by atoms with van der Waals surface area (Å²) in [4.78, 5) is 0. The van der Waals surface area contributed by atoms with Crippen molar-refractivity contribution >= 4 is 18.8 Å². The van der Waals surface area contributed by atoms with E-state index in [9.17, 15) is 0 Å². The molecule has 0 unspecified atom stereocenters. The highest BCUT2D eigenvalue weighted by atomic mass is 28.3. The zero-order valence-corrected chi connectivity index (χ0v) is 11.9. The van der Waals surface area contributed by atoms with Gasteiger partial charge in [0.15, 0.2) is 0 Å². The summed E-state index contributed by atoms with van der Waals surface area (Å²) >= 11 is 0. The second-order valence-corrected chi connectivity index (χ2v) is 10.7. The van der Waals surface area contributed by atoms with Crippen molar-refractivity contribution in [1.82, 2.24) is 0 Å². The third-order valence-corrected chi connectivity index (χ3v) is 4.02. The summed E-state index contributed by atoms with van der Waals surface area (Å²) in [5.41, 5.74) is 3.82.